The van der Waals surface area contributed by atoms with Crippen molar-refractivity contribution in [3.8, 4) is 5.75 Å². The monoisotopic (exact) mass is 398 g/mol. The highest BCUT2D eigenvalue weighted by atomic mass is 16.5. The first kappa shape index (κ1) is 19.8. The van der Waals surface area contributed by atoms with Crippen molar-refractivity contribution in [2.75, 3.05) is 13.7 Å². The molecule has 0 fully saturated rings. The molecule has 4 heteroatoms. The average Bonchev–Trinajstić information content (AvgIpc) is 3.23. The van der Waals surface area contributed by atoms with Crippen LogP contribution >= 0.6 is 0 Å². The molecule has 1 amide bonds. The van der Waals surface area contributed by atoms with Crippen LogP contribution in [0.1, 0.15) is 29.0 Å². The Bertz CT molecular complexity index is 1120. The van der Waals surface area contributed by atoms with E-state index in [0.717, 1.165) is 16.8 Å². The van der Waals surface area contributed by atoms with Gasteiger partial charge in [-0.1, -0.05) is 60.7 Å². The van der Waals surface area contributed by atoms with Gasteiger partial charge in [0.15, 0.2) is 0 Å². The summed E-state index contributed by atoms with van der Waals surface area (Å²) < 4.78 is 5.26. The van der Waals surface area contributed by atoms with Crippen molar-refractivity contribution < 1.29 is 9.53 Å². The van der Waals surface area contributed by atoms with Crippen LogP contribution in [0, 0.1) is 0 Å². The second kappa shape index (κ2) is 9.31. The van der Waals surface area contributed by atoms with Crippen molar-refractivity contribution in [3.05, 3.63) is 102 Å². The maximum Gasteiger partial charge on any atom is 0.220 e. The van der Waals surface area contributed by atoms with E-state index in [-0.39, 0.29) is 11.8 Å². The fourth-order valence-corrected chi connectivity index (χ4v) is 3.87. The highest BCUT2D eigenvalue weighted by Crippen LogP contribution is 2.30. The molecule has 1 unspecified atom stereocenters. The molecular weight excluding hydrogens is 372 g/mol. The van der Waals surface area contributed by atoms with Gasteiger partial charge in [-0.25, -0.2) is 0 Å². The number of carbonyl (C=O) groups is 1. The van der Waals surface area contributed by atoms with Gasteiger partial charge in [0.25, 0.3) is 0 Å². The van der Waals surface area contributed by atoms with Gasteiger partial charge in [-0.05, 0) is 41.3 Å². The third-order valence-electron chi connectivity index (χ3n) is 5.48. The first-order valence-corrected chi connectivity index (χ1v) is 10.2. The molecule has 1 aromatic heterocycles. The number of H-pyrrole nitrogens is 1. The van der Waals surface area contributed by atoms with E-state index in [0.29, 0.717) is 19.4 Å². The number of methoxy groups -OCH3 is 1. The number of ether oxygens (including phenoxy) is 1. The van der Waals surface area contributed by atoms with Crippen molar-refractivity contribution in [2.24, 2.45) is 0 Å². The summed E-state index contributed by atoms with van der Waals surface area (Å²) >= 11 is 0. The molecule has 30 heavy (non-hydrogen) atoms. The second-order valence-electron chi connectivity index (χ2n) is 7.41. The Hall–Kier alpha value is -3.53. The molecule has 0 aliphatic carbocycles. The fourth-order valence-electron chi connectivity index (χ4n) is 3.87. The molecule has 0 saturated heterocycles. The standard InChI is InChI=1S/C26H26N2O2/c1-30-21-11-7-8-19(16-21)14-15-26(29)28-17-23(20-9-3-2-4-10-20)24-18-27-25-13-6-5-12-22(24)25/h2-13,16,18,23,27H,14-15,17H2,1H3,(H,28,29). The normalized spacial score (nSPS) is 11.9. The van der Waals surface area contributed by atoms with Gasteiger partial charge in [-0.3, -0.25) is 4.79 Å². The molecule has 152 valence electrons. The van der Waals surface area contributed by atoms with Crippen LogP contribution in [-0.2, 0) is 11.2 Å². The van der Waals surface area contributed by atoms with E-state index >= 15 is 0 Å². The smallest absolute Gasteiger partial charge is 0.220 e. The first-order chi connectivity index (χ1) is 14.7. The second-order valence-corrected chi connectivity index (χ2v) is 7.41. The Morgan fingerprint density at radius 1 is 1.00 bits per heavy atom. The Morgan fingerprint density at radius 3 is 2.63 bits per heavy atom. The van der Waals surface area contributed by atoms with Gasteiger partial charge in [-0.2, -0.15) is 0 Å². The summed E-state index contributed by atoms with van der Waals surface area (Å²) in [5.74, 6) is 0.957. The quantitative estimate of drug-likeness (QED) is 0.436. The molecule has 0 radical (unpaired) electrons. The van der Waals surface area contributed by atoms with Gasteiger partial charge in [0, 0.05) is 36.0 Å². The Kier molecular flexibility index (Phi) is 6.14. The summed E-state index contributed by atoms with van der Waals surface area (Å²) in [6, 6.07) is 26.5. The van der Waals surface area contributed by atoms with E-state index in [2.05, 4.69) is 46.8 Å². The third-order valence-corrected chi connectivity index (χ3v) is 5.48. The van der Waals surface area contributed by atoms with Crippen LogP contribution in [0.25, 0.3) is 10.9 Å². The zero-order chi connectivity index (χ0) is 20.8. The first-order valence-electron chi connectivity index (χ1n) is 10.2. The highest BCUT2D eigenvalue weighted by molar-refractivity contribution is 5.84. The van der Waals surface area contributed by atoms with Gasteiger partial charge in [0.1, 0.15) is 5.75 Å². The van der Waals surface area contributed by atoms with Crippen LogP contribution in [-0.4, -0.2) is 24.5 Å². The number of rotatable bonds is 8. The number of nitrogens with one attached hydrogen (secondary N) is 2. The third kappa shape index (κ3) is 4.54. The summed E-state index contributed by atoms with van der Waals surface area (Å²) in [4.78, 5) is 15.9. The Balaban J connectivity index is 1.46. The number of hydrogen-bond donors (Lipinski definition) is 2. The van der Waals surface area contributed by atoms with Crippen molar-refractivity contribution >= 4 is 16.8 Å². The predicted octanol–water partition coefficient (Wildman–Crippen LogP) is 5.06. The van der Waals surface area contributed by atoms with Crippen molar-refractivity contribution in [3.63, 3.8) is 0 Å². The fraction of sp³-hybridized carbons (Fsp3) is 0.192. The molecule has 2 N–H and O–H groups in total. The maximum atomic E-state index is 12.6. The molecule has 4 aromatic rings. The molecule has 4 nitrogen and oxygen atoms in total. The van der Waals surface area contributed by atoms with E-state index in [1.54, 1.807) is 7.11 Å². The molecule has 0 aliphatic rings. The lowest BCUT2D eigenvalue weighted by atomic mass is 9.91. The minimum Gasteiger partial charge on any atom is -0.497 e. The number of para-hydroxylation sites is 1. The van der Waals surface area contributed by atoms with Crippen molar-refractivity contribution in [2.45, 2.75) is 18.8 Å². The topological polar surface area (TPSA) is 54.1 Å². The Morgan fingerprint density at radius 2 is 1.80 bits per heavy atom. The van der Waals surface area contributed by atoms with Crippen LogP contribution in [0.5, 0.6) is 5.75 Å². The van der Waals surface area contributed by atoms with E-state index in [4.69, 9.17) is 4.74 Å². The van der Waals surface area contributed by atoms with E-state index < -0.39 is 0 Å². The van der Waals surface area contributed by atoms with Crippen LogP contribution in [0.15, 0.2) is 85.1 Å². The summed E-state index contributed by atoms with van der Waals surface area (Å²) in [6.07, 6.45) is 3.19. The van der Waals surface area contributed by atoms with Gasteiger partial charge < -0.3 is 15.0 Å². The summed E-state index contributed by atoms with van der Waals surface area (Å²) in [5.41, 5.74) is 4.60. The molecular formula is C26H26N2O2. The number of aryl methyl sites for hydroxylation is 1. The zero-order valence-electron chi connectivity index (χ0n) is 17.1. The predicted molar refractivity (Wildman–Crippen MR) is 121 cm³/mol. The maximum absolute atomic E-state index is 12.6. The van der Waals surface area contributed by atoms with E-state index in [9.17, 15) is 4.79 Å². The summed E-state index contributed by atoms with van der Waals surface area (Å²) in [6.45, 7) is 0.558. The van der Waals surface area contributed by atoms with Gasteiger partial charge in [0.05, 0.1) is 7.11 Å². The SMILES string of the molecule is COc1cccc(CCC(=O)NCC(c2ccccc2)c2c[nH]c3ccccc23)c1. The van der Waals surface area contributed by atoms with Gasteiger partial charge in [0.2, 0.25) is 5.91 Å². The number of aromatic nitrogens is 1. The largest absolute Gasteiger partial charge is 0.497 e. The van der Waals surface area contributed by atoms with Crippen molar-refractivity contribution in [1.29, 1.82) is 0 Å². The van der Waals surface area contributed by atoms with Crippen LogP contribution in [0.4, 0.5) is 0 Å². The van der Waals surface area contributed by atoms with Crippen LogP contribution in [0.3, 0.4) is 0 Å². The van der Waals surface area contributed by atoms with Gasteiger partial charge in [-0.15, -0.1) is 0 Å². The number of amides is 1. The molecule has 4 rings (SSSR count). The number of fused-ring (bicyclic) bond motifs is 1. The number of hydrogen-bond acceptors (Lipinski definition) is 2. The molecule has 1 atom stereocenters. The van der Waals surface area contributed by atoms with Gasteiger partial charge >= 0.3 is 0 Å². The number of carbonyl (C=O) groups excluding carboxylic acids is 1. The van der Waals surface area contributed by atoms with Crippen molar-refractivity contribution in [1.82, 2.24) is 10.3 Å². The van der Waals surface area contributed by atoms with E-state index in [1.165, 1.54) is 16.5 Å². The molecule has 0 spiro atoms. The van der Waals surface area contributed by atoms with Crippen LogP contribution in [0.2, 0.25) is 0 Å². The van der Waals surface area contributed by atoms with Crippen LogP contribution < -0.4 is 10.1 Å². The lowest BCUT2D eigenvalue weighted by molar-refractivity contribution is -0.121. The molecule has 3 aromatic carbocycles. The minimum absolute atomic E-state index is 0.0543. The lowest BCUT2D eigenvalue weighted by Crippen LogP contribution is -2.29. The lowest BCUT2D eigenvalue weighted by Gasteiger charge is -2.18. The summed E-state index contributed by atoms with van der Waals surface area (Å²) in [5, 5.41) is 4.34. The summed E-state index contributed by atoms with van der Waals surface area (Å²) in [7, 11) is 1.65. The molecule has 1 heterocycles. The molecule has 0 bridgehead atoms. The molecule has 0 saturated carbocycles. The Labute approximate surface area is 176 Å². The molecule has 0 aliphatic heterocycles. The zero-order valence-corrected chi connectivity index (χ0v) is 17.1. The number of benzene rings is 3. The van der Waals surface area contributed by atoms with E-state index in [1.807, 2.05) is 48.5 Å². The highest BCUT2D eigenvalue weighted by Gasteiger charge is 2.18. The minimum atomic E-state index is 0.0543. The average molecular weight is 399 g/mol. The number of aromatic amines is 1.